The van der Waals surface area contributed by atoms with E-state index in [0.29, 0.717) is 13.0 Å². The lowest BCUT2D eigenvalue weighted by molar-refractivity contribution is -0.121. The van der Waals surface area contributed by atoms with Crippen LogP contribution in [-0.4, -0.2) is 20.5 Å². The van der Waals surface area contributed by atoms with Crippen LogP contribution < -0.4 is 5.32 Å². The number of amides is 1. The number of carbonyl (C=O) groups is 1. The first kappa shape index (κ1) is 14.3. The Morgan fingerprint density at radius 1 is 1.18 bits per heavy atom. The second-order valence-corrected chi connectivity index (χ2v) is 5.31. The minimum atomic E-state index is 0.0224. The zero-order chi connectivity index (χ0) is 15.4. The number of hydrogen-bond donors (Lipinski definition) is 1. The average Bonchev–Trinajstić information content (AvgIpc) is 2.94. The van der Waals surface area contributed by atoms with E-state index in [1.165, 1.54) is 11.1 Å². The molecule has 0 fully saturated rings. The molecule has 0 aliphatic carbocycles. The summed E-state index contributed by atoms with van der Waals surface area (Å²) in [5, 5.41) is 11.1. The van der Waals surface area contributed by atoms with Crippen LogP contribution in [0.3, 0.4) is 0 Å². The first-order chi connectivity index (χ1) is 10.7. The molecular weight excluding hydrogens is 276 g/mol. The molecule has 5 heteroatoms. The molecule has 1 N–H and O–H groups in total. The minimum absolute atomic E-state index is 0.0224. The fraction of sp³-hybridized carbons (Fsp3) is 0.235. The molecule has 2 aromatic heterocycles. The number of pyridine rings is 1. The van der Waals surface area contributed by atoms with Crippen molar-refractivity contribution in [3.05, 3.63) is 65.6 Å². The number of nitrogens with one attached hydrogen (secondary N) is 1. The number of nitrogens with zero attached hydrogens (tertiary/aromatic N) is 3. The standard InChI is InChI=1S/C17H18N4O/c1-13-5-4-6-14(11-13)8-9-17(22)18-12-16-20-19-15-7-2-3-10-21(15)16/h2-7,10-11H,8-9,12H2,1H3,(H,18,22). The average molecular weight is 294 g/mol. The second kappa shape index (κ2) is 6.39. The van der Waals surface area contributed by atoms with E-state index in [0.717, 1.165) is 17.9 Å². The highest BCUT2D eigenvalue weighted by Gasteiger charge is 2.07. The smallest absolute Gasteiger partial charge is 0.220 e. The van der Waals surface area contributed by atoms with E-state index in [1.54, 1.807) is 0 Å². The van der Waals surface area contributed by atoms with Gasteiger partial charge in [-0.1, -0.05) is 35.9 Å². The fourth-order valence-electron chi connectivity index (χ4n) is 2.40. The van der Waals surface area contributed by atoms with Crippen molar-refractivity contribution in [3.8, 4) is 0 Å². The van der Waals surface area contributed by atoms with Gasteiger partial charge in [0.2, 0.25) is 5.91 Å². The molecule has 0 bridgehead atoms. The molecule has 112 valence electrons. The van der Waals surface area contributed by atoms with Crippen LogP contribution in [0.4, 0.5) is 0 Å². The molecule has 2 heterocycles. The first-order valence-electron chi connectivity index (χ1n) is 7.33. The van der Waals surface area contributed by atoms with Gasteiger partial charge in [-0.3, -0.25) is 9.20 Å². The van der Waals surface area contributed by atoms with Crippen LogP contribution in [0.25, 0.3) is 5.65 Å². The third-order valence-corrected chi connectivity index (χ3v) is 3.55. The first-order valence-corrected chi connectivity index (χ1v) is 7.33. The molecule has 0 aliphatic rings. The number of benzene rings is 1. The van der Waals surface area contributed by atoms with Crippen LogP contribution >= 0.6 is 0 Å². The summed E-state index contributed by atoms with van der Waals surface area (Å²) >= 11 is 0. The fourth-order valence-corrected chi connectivity index (χ4v) is 2.40. The number of hydrogen-bond acceptors (Lipinski definition) is 3. The summed E-state index contributed by atoms with van der Waals surface area (Å²) in [6.45, 7) is 2.44. The lowest BCUT2D eigenvalue weighted by Gasteiger charge is -2.05. The Kier molecular flexibility index (Phi) is 4.14. The van der Waals surface area contributed by atoms with Gasteiger partial charge in [0.15, 0.2) is 11.5 Å². The summed E-state index contributed by atoms with van der Waals surface area (Å²) in [6, 6.07) is 13.9. The van der Waals surface area contributed by atoms with Gasteiger partial charge in [-0.05, 0) is 31.0 Å². The zero-order valence-corrected chi connectivity index (χ0v) is 12.5. The number of aromatic nitrogens is 3. The Balaban J connectivity index is 1.54. The van der Waals surface area contributed by atoms with Crippen molar-refractivity contribution < 1.29 is 4.79 Å². The molecule has 0 saturated heterocycles. The van der Waals surface area contributed by atoms with Gasteiger partial charge in [0.05, 0.1) is 6.54 Å². The van der Waals surface area contributed by atoms with Gasteiger partial charge in [0.25, 0.3) is 0 Å². The highest BCUT2D eigenvalue weighted by atomic mass is 16.1. The molecule has 0 atom stereocenters. The van der Waals surface area contributed by atoms with Gasteiger partial charge in [-0.2, -0.15) is 0 Å². The number of fused-ring (bicyclic) bond motifs is 1. The highest BCUT2D eigenvalue weighted by molar-refractivity contribution is 5.76. The molecule has 1 aromatic carbocycles. The molecule has 0 saturated carbocycles. The number of carbonyl (C=O) groups excluding carboxylic acids is 1. The van der Waals surface area contributed by atoms with E-state index in [4.69, 9.17) is 0 Å². The predicted octanol–water partition coefficient (Wildman–Crippen LogP) is 2.29. The van der Waals surface area contributed by atoms with E-state index in [-0.39, 0.29) is 5.91 Å². The van der Waals surface area contributed by atoms with E-state index < -0.39 is 0 Å². The Morgan fingerprint density at radius 2 is 2.09 bits per heavy atom. The third-order valence-electron chi connectivity index (χ3n) is 3.55. The van der Waals surface area contributed by atoms with Crippen molar-refractivity contribution >= 4 is 11.6 Å². The topological polar surface area (TPSA) is 59.3 Å². The quantitative estimate of drug-likeness (QED) is 0.785. The van der Waals surface area contributed by atoms with Crippen molar-refractivity contribution in [2.45, 2.75) is 26.3 Å². The molecule has 0 aliphatic heterocycles. The lowest BCUT2D eigenvalue weighted by atomic mass is 10.1. The van der Waals surface area contributed by atoms with Crippen molar-refractivity contribution in [1.82, 2.24) is 19.9 Å². The zero-order valence-electron chi connectivity index (χ0n) is 12.5. The van der Waals surface area contributed by atoms with Crippen LogP contribution in [0.1, 0.15) is 23.4 Å². The Hall–Kier alpha value is -2.69. The summed E-state index contributed by atoms with van der Waals surface area (Å²) < 4.78 is 1.88. The lowest BCUT2D eigenvalue weighted by Crippen LogP contribution is -2.24. The molecule has 22 heavy (non-hydrogen) atoms. The Morgan fingerprint density at radius 3 is 2.95 bits per heavy atom. The molecule has 0 spiro atoms. The molecule has 0 unspecified atom stereocenters. The number of aryl methyl sites for hydroxylation is 2. The highest BCUT2D eigenvalue weighted by Crippen LogP contribution is 2.07. The summed E-state index contributed by atoms with van der Waals surface area (Å²) in [4.78, 5) is 12.0. The van der Waals surface area contributed by atoms with Crippen molar-refractivity contribution in [2.75, 3.05) is 0 Å². The SMILES string of the molecule is Cc1cccc(CCC(=O)NCc2nnc3ccccn23)c1. The third kappa shape index (κ3) is 3.31. The summed E-state index contributed by atoms with van der Waals surface area (Å²) in [5.74, 6) is 0.758. The van der Waals surface area contributed by atoms with E-state index >= 15 is 0 Å². The van der Waals surface area contributed by atoms with Gasteiger partial charge in [-0.25, -0.2) is 0 Å². The van der Waals surface area contributed by atoms with Gasteiger partial charge >= 0.3 is 0 Å². The van der Waals surface area contributed by atoms with E-state index in [9.17, 15) is 4.79 Å². The van der Waals surface area contributed by atoms with Crippen molar-refractivity contribution in [1.29, 1.82) is 0 Å². The normalized spacial score (nSPS) is 10.8. The molecular formula is C17H18N4O. The Bertz CT molecular complexity index is 794. The largest absolute Gasteiger partial charge is 0.349 e. The molecule has 5 nitrogen and oxygen atoms in total. The van der Waals surface area contributed by atoms with Crippen LogP contribution in [0.15, 0.2) is 48.7 Å². The van der Waals surface area contributed by atoms with Crippen molar-refractivity contribution in [3.63, 3.8) is 0 Å². The van der Waals surface area contributed by atoms with Crippen LogP contribution in [-0.2, 0) is 17.8 Å². The van der Waals surface area contributed by atoms with Gasteiger partial charge in [0.1, 0.15) is 0 Å². The van der Waals surface area contributed by atoms with Gasteiger partial charge in [-0.15, -0.1) is 10.2 Å². The maximum atomic E-state index is 12.0. The second-order valence-electron chi connectivity index (χ2n) is 5.31. The Labute approximate surface area is 129 Å². The molecule has 3 aromatic rings. The maximum Gasteiger partial charge on any atom is 0.220 e. The number of rotatable bonds is 5. The van der Waals surface area contributed by atoms with Crippen molar-refractivity contribution in [2.24, 2.45) is 0 Å². The minimum Gasteiger partial charge on any atom is -0.349 e. The predicted molar refractivity (Wildman–Crippen MR) is 84.3 cm³/mol. The molecule has 0 radical (unpaired) electrons. The molecule has 1 amide bonds. The summed E-state index contributed by atoms with van der Waals surface area (Å²) in [6.07, 6.45) is 3.11. The van der Waals surface area contributed by atoms with Crippen LogP contribution in [0.2, 0.25) is 0 Å². The maximum absolute atomic E-state index is 12.0. The summed E-state index contributed by atoms with van der Waals surface area (Å²) in [7, 11) is 0. The summed E-state index contributed by atoms with van der Waals surface area (Å²) in [5.41, 5.74) is 3.18. The monoisotopic (exact) mass is 294 g/mol. The van der Waals surface area contributed by atoms with Gasteiger partial charge < -0.3 is 5.32 Å². The van der Waals surface area contributed by atoms with Crippen LogP contribution in [0.5, 0.6) is 0 Å². The van der Waals surface area contributed by atoms with E-state index in [1.807, 2.05) is 40.9 Å². The van der Waals surface area contributed by atoms with Crippen LogP contribution in [0, 0.1) is 6.92 Å². The van der Waals surface area contributed by atoms with Gasteiger partial charge in [0, 0.05) is 12.6 Å². The van der Waals surface area contributed by atoms with E-state index in [2.05, 4.69) is 34.6 Å². The molecule has 3 rings (SSSR count).